The van der Waals surface area contributed by atoms with Crippen molar-refractivity contribution >= 4 is 28.7 Å². The quantitative estimate of drug-likeness (QED) is 0.687. The fraction of sp³-hybridized carbons (Fsp3) is 0.0625. The Balaban J connectivity index is 1.69. The number of nitrogens with one attached hydrogen (secondary N) is 2. The van der Waals surface area contributed by atoms with E-state index in [1.54, 1.807) is 12.1 Å². The predicted octanol–water partition coefficient (Wildman–Crippen LogP) is 3.01. The summed E-state index contributed by atoms with van der Waals surface area (Å²) in [5.41, 5.74) is 1.78. The molecule has 0 saturated heterocycles. The van der Waals surface area contributed by atoms with Crippen molar-refractivity contribution < 1.29 is 19.4 Å². The van der Waals surface area contributed by atoms with E-state index in [1.807, 2.05) is 30.3 Å². The van der Waals surface area contributed by atoms with E-state index in [-0.39, 0.29) is 12.3 Å². The standard InChI is InChI=1S/C16H13N3O4/c20-15(21)14-12-8-11(6-7-13(12)18-19-14)17-16(22)23-9-10-4-2-1-3-5-10/h1-8H,9H2,(H,17,22)(H,18,19)(H,20,21). The first-order valence-electron chi connectivity index (χ1n) is 6.82. The van der Waals surface area contributed by atoms with Crippen molar-refractivity contribution in [3.05, 3.63) is 59.8 Å². The Kier molecular flexibility index (Phi) is 3.92. The molecule has 3 N–H and O–H groups in total. The average molecular weight is 311 g/mol. The fourth-order valence-corrected chi connectivity index (χ4v) is 2.13. The van der Waals surface area contributed by atoms with E-state index in [1.165, 1.54) is 6.07 Å². The number of fused-ring (bicyclic) bond motifs is 1. The molecule has 23 heavy (non-hydrogen) atoms. The van der Waals surface area contributed by atoms with E-state index in [9.17, 15) is 9.59 Å². The molecule has 2 aromatic carbocycles. The van der Waals surface area contributed by atoms with Crippen molar-refractivity contribution in [2.75, 3.05) is 5.32 Å². The van der Waals surface area contributed by atoms with Gasteiger partial charge in [0.1, 0.15) is 6.61 Å². The monoisotopic (exact) mass is 311 g/mol. The second-order valence-electron chi connectivity index (χ2n) is 4.82. The third kappa shape index (κ3) is 3.29. The molecule has 3 aromatic rings. The number of carbonyl (C=O) groups is 2. The van der Waals surface area contributed by atoms with Crippen molar-refractivity contribution in [3.8, 4) is 0 Å². The number of anilines is 1. The van der Waals surface area contributed by atoms with Gasteiger partial charge in [0, 0.05) is 11.1 Å². The topological polar surface area (TPSA) is 104 Å². The molecule has 0 unspecified atom stereocenters. The molecule has 3 rings (SSSR count). The second kappa shape index (κ2) is 6.18. The summed E-state index contributed by atoms with van der Waals surface area (Å²) in [6.07, 6.45) is -0.617. The highest BCUT2D eigenvalue weighted by Crippen LogP contribution is 2.21. The lowest BCUT2D eigenvalue weighted by molar-refractivity contribution is 0.0692. The number of ether oxygens (including phenoxy) is 1. The minimum absolute atomic E-state index is 0.0960. The predicted molar refractivity (Wildman–Crippen MR) is 83.3 cm³/mol. The molecule has 0 saturated carbocycles. The van der Waals surface area contributed by atoms with Crippen molar-refractivity contribution in [2.24, 2.45) is 0 Å². The number of H-pyrrole nitrogens is 1. The number of carbonyl (C=O) groups excluding carboxylic acids is 1. The van der Waals surface area contributed by atoms with Crippen molar-refractivity contribution in [3.63, 3.8) is 0 Å². The van der Waals surface area contributed by atoms with Gasteiger partial charge in [-0.3, -0.25) is 10.4 Å². The number of carboxylic acid groups (broad SMARTS) is 1. The Morgan fingerprint density at radius 1 is 1.17 bits per heavy atom. The fourth-order valence-electron chi connectivity index (χ4n) is 2.13. The summed E-state index contributed by atoms with van der Waals surface area (Å²) < 4.78 is 5.11. The second-order valence-corrected chi connectivity index (χ2v) is 4.82. The SMILES string of the molecule is O=C(Nc1ccc2[nH]nc(C(=O)O)c2c1)OCc1ccccc1. The van der Waals surface area contributed by atoms with Gasteiger partial charge in [-0.2, -0.15) is 5.10 Å². The van der Waals surface area contributed by atoms with Crippen LogP contribution in [0, 0.1) is 0 Å². The molecule has 0 radical (unpaired) electrons. The minimum atomic E-state index is -1.14. The van der Waals surface area contributed by atoms with Gasteiger partial charge in [-0.25, -0.2) is 9.59 Å². The lowest BCUT2D eigenvalue weighted by Gasteiger charge is -2.07. The van der Waals surface area contributed by atoms with Crippen LogP contribution in [0.4, 0.5) is 10.5 Å². The summed E-state index contributed by atoms with van der Waals surface area (Å²) >= 11 is 0. The Morgan fingerprint density at radius 2 is 1.96 bits per heavy atom. The summed E-state index contributed by atoms with van der Waals surface area (Å²) in [6.45, 7) is 0.154. The lowest BCUT2D eigenvalue weighted by atomic mass is 10.2. The van der Waals surface area contributed by atoms with Gasteiger partial charge in [-0.05, 0) is 23.8 Å². The largest absolute Gasteiger partial charge is 0.476 e. The van der Waals surface area contributed by atoms with Crippen LogP contribution in [0.15, 0.2) is 48.5 Å². The molecule has 116 valence electrons. The molecule has 0 aliphatic rings. The van der Waals surface area contributed by atoms with Crippen molar-refractivity contribution in [1.82, 2.24) is 10.2 Å². The van der Waals surface area contributed by atoms with E-state index in [0.29, 0.717) is 16.6 Å². The lowest BCUT2D eigenvalue weighted by Crippen LogP contribution is -2.13. The third-order valence-corrected chi connectivity index (χ3v) is 3.22. The Bertz CT molecular complexity index is 858. The molecule has 1 aromatic heterocycles. The zero-order chi connectivity index (χ0) is 16.2. The molecule has 1 heterocycles. The average Bonchev–Trinajstić information content (AvgIpc) is 2.97. The molecule has 0 spiro atoms. The molecule has 0 bridgehead atoms. The maximum atomic E-state index is 11.8. The van der Waals surface area contributed by atoms with Crippen LogP contribution in [0.5, 0.6) is 0 Å². The third-order valence-electron chi connectivity index (χ3n) is 3.22. The number of hydrogen-bond acceptors (Lipinski definition) is 4. The number of carboxylic acids is 1. The Hall–Kier alpha value is -3.35. The summed E-state index contributed by atoms with van der Waals surface area (Å²) in [7, 11) is 0. The van der Waals surface area contributed by atoms with Gasteiger partial charge in [0.2, 0.25) is 0 Å². The maximum Gasteiger partial charge on any atom is 0.411 e. The summed E-state index contributed by atoms with van der Waals surface area (Å²) in [5.74, 6) is -1.14. The van der Waals surface area contributed by atoms with Gasteiger partial charge < -0.3 is 9.84 Å². The molecule has 1 amide bonds. The first-order valence-corrected chi connectivity index (χ1v) is 6.82. The minimum Gasteiger partial charge on any atom is -0.476 e. The number of aromatic amines is 1. The van der Waals surface area contributed by atoms with E-state index in [4.69, 9.17) is 9.84 Å². The number of hydrogen-bond donors (Lipinski definition) is 3. The Labute approximate surface area is 130 Å². The number of aromatic nitrogens is 2. The van der Waals surface area contributed by atoms with Crippen LogP contribution in [0.2, 0.25) is 0 Å². The number of amides is 1. The number of benzene rings is 2. The van der Waals surface area contributed by atoms with E-state index in [2.05, 4.69) is 15.5 Å². The first-order chi connectivity index (χ1) is 11.1. The van der Waals surface area contributed by atoms with E-state index < -0.39 is 12.1 Å². The number of rotatable bonds is 4. The summed E-state index contributed by atoms with van der Waals surface area (Å²) in [4.78, 5) is 22.9. The smallest absolute Gasteiger partial charge is 0.411 e. The normalized spacial score (nSPS) is 10.4. The van der Waals surface area contributed by atoms with Gasteiger partial charge in [0.05, 0.1) is 5.52 Å². The van der Waals surface area contributed by atoms with Gasteiger partial charge in [0.25, 0.3) is 0 Å². The highest BCUT2D eigenvalue weighted by molar-refractivity contribution is 6.02. The summed E-state index contributed by atoms with van der Waals surface area (Å²) in [6, 6.07) is 14.1. The molecule has 7 nitrogen and oxygen atoms in total. The zero-order valence-corrected chi connectivity index (χ0v) is 11.9. The first kappa shape index (κ1) is 14.6. The molecular weight excluding hydrogens is 298 g/mol. The molecular formula is C16H13N3O4. The summed E-state index contributed by atoms with van der Waals surface area (Å²) in [5, 5.41) is 18.4. The van der Waals surface area contributed by atoms with Crippen molar-refractivity contribution in [1.29, 1.82) is 0 Å². The van der Waals surface area contributed by atoms with Crippen LogP contribution in [-0.4, -0.2) is 27.4 Å². The zero-order valence-electron chi connectivity index (χ0n) is 11.9. The van der Waals surface area contributed by atoms with Crippen LogP contribution in [0.1, 0.15) is 16.1 Å². The molecule has 0 aliphatic heterocycles. The number of aromatic carboxylic acids is 1. The van der Waals surface area contributed by atoms with E-state index >= 15 is 0 Å². The molecule has 0 aliphatic carbocycles. The molecule has 7 heteroatoms. The highest BCUT2D eigenvalue weighted by Gasteiger charge is 2.13. The molecule has 0 atom stereocenters. The molecule has 0 fully saturated rings. The van der Waals surface area contributed by atoms with Gasteiger partial charge in [-0.15, -0.1) is 0 Å². The van der Waals surface area contributed by atoms with Crippen LogP contribution in [0.3, 0.4) is 0 Å². The van der Waals surface area contributed by atoms with Crippen LogP contribution in [0.25, 0.3) is 10.9 Å². The van der Waals surface area contributed by atoms with Crippen molar-refractivity contribution in [2.45, 2.75) is 6.61 Å². The van der Waals surface area contributed by atoms with Crippen LogP contribution < -0.4 is 5.32 Å². The van der Waals surface area contributed by atoms with Crippen LogP contribution in [-0.2, 0) is 11.3 Å². The van der Waals surface area contributed by atoms with E-state index in [0.717, 1.165) is 5.56 Å². The Morgan fingerprint density at radius 3 is 2.70 bits per heavy atom. The van der Waals surface area contributed by atoms with Gasteiger partial charge >= 0.3 is 12.1 Å². The van der Waals surface area contributed by atoms with Crippen LogP contribution >= 0.6 is 0 Å². The van der Waals surface area contributed by atoms with Gasteiger partial charge in [-0.1, -0.05) is 30.3 Å². The maximum absolute atomic E-state index is 11.8. The highest BCUT2D eigenvalue weighted by atomic mass is 16.5. The van der Waals surface area contributed by atoms with Gasteiger partial charge in [0.15, 0.2) is 5.69 Å². The number of nitrogens with zero attached hydrogens (tertiary/aromatic N) is 1.